The minimum absolute atomic E-state index is 0.226. The van der Waals surface area contributed by atoms with Crippen molar-refractivity contribution in [3.05, 3.63) is 52.1 Å². The third kappa shape index (κ3) is 4.37. The van der Waals surface area contributed by atoms with Crippen LogP contribution in [0, 0.1) is 6.92 Å². The van der Waals surface area contributed by atoms with Gasteiger partial charge in [0.15, 0.2) is 5.82 Å². The average molecular weight is 384 g/mol. The first-order valence-corrected chi connectivity index (χ1v) is 9.70. The zero-order valence-corrected chi connectivity index (χ0v) is 15.8. The van der Waals surface area contributed by atoms with E-state index in [1.165, 1.54) is 11.3 Å². The largest absolute Gasteiger partial charge is 0.339 e. The molecule has 9 heteroatoms. The number of rotatable bonds is 5. The molecule has 4 rings (SSSR count). The second kappa shape index (κ2) is 7.93. The first kappa shape index (κ1) is 17.7. The number of nitrogens with one attached hydrogen (secondary N) is 1. The van der Waals surface area contributed by atoms with Crippen molar-refractivity contribution < 1.29 is 9.32 Å². The first-order chi connectivity index (χ1) is 13.2. The van der Waals surface area contributed by atoms with Gasteiger partial charge in [0.25, 0.3) is 5.91 Å². The second-order valence-corrected chi connectivity index (χ2v) is 7.61. The minimum atomic E-state index is -0.226. The monoisotopic (exact) mass is 384 g/mol. The van der Waals surface area contributed by atoms with E-state index in [4.69, 9.17) is 4.52 Å². The summed E-state index contributed by atoms with van der Waals surface area (Å²) in [4.78, 5) is 18.9. The number of carbonyl (C=O) groups excluding carboxylic acids is 1. The zero-order valence-electron chi connectivity index (χ0n) is 15.0. The molecular weight excluding hydrogens is 364 g/mol. The summed E-state index contributed by atoms with van der Waals surface area (Å²) in [6, 6.07) is 9.34. The number of benzene rings is 1. The summed E-state index contributed by atoms with van der Waals surface area (Å²) in [5, 5.41) is 16.2. The molecule has 1 aromatic carbocycles. The van der Waals surface area contributed by atoms with Crippen molar-refractivity contribution in [2.75, 3.05) is 18.4 Å². The molecule has 2 aromatic heterocycles. The van der Waals surface area contributed by atoms with Crippen LogP contribution in [0.5, 0.6) is 0 Å². The highest BCUT2D eigenvalue weighted by molar-refractivity contribution is 7.13. The van der Waals surface area contributed by atoms with E-state index in [0.29, 0.717) is 23.3 Å². The molecular formula is C18H20N6O2S. The van der Waals surface area contributed by atoms with E-state index in [9.17, 15) is 4.79 Å². The van der Waals surface area contributed by atoms with Crippen LogP contribution in [-0.2, 0) is 6.54 Å². The van der Waals surface area contributed by atoms with Crippen LogP contribution in [0.4, 0.5) is 5.69 Å². The van der Waals surface area contributed by atoms with Crippen LogP contribution in [-0.4, -0.2) is 44.2 Å². The highest BCUT2D eigenvalue weighted by Crippen LogP contribution is 2.27. The van der Waals surface area contributed by atoms with Crippen LogP contribution >= 0.6 is 11.3 Å². The quantitative estimate of drug-likeness (QED) is 0.722. The molecule has 0 bridgehead atoms. The summed E-state index contributed by atoms with van der Waals surface area (Å²) in [5.74, 6) is 1.52. The Morgan fingerprint density at radius 2 is 2.04 bits per heavy atom. The lowest BCUT2D eigenvalue weighted by atomic mass is 9.97. The summed E-state index contributed by atoms with van der Waals surface area (Å²) in [5.41, 5.74) is 0.748. The molecule has 1 N–H and O–H groups in total. The molecule has 1 aliphatic heterocycles. The Hall–Kier alpha value is -2.65. The van der Waals surface area contributed by atoms with Gasteiger partial charge in [-0.2, -0.15) is 4.98 Å². The molecule has 27 heavy (non-hydrogen) atoms. The van der Waals surface area contributed by atoms with Crippen molar-refractivity contribution in [2.45, 2.75) is 32.2 Å². The van der Waals surface area contributed by atoms with Crippen LogP contribution in [0.1, 0.15) is 45.3 Å². The smallest absolute Gasteiger partial charge is 0.286 e. The van der Waals surface area contributed by atoms with Gasteiger partial charge >= 0.3 is 0 Å². The van der Waals surface area contributed by atoms with Gasteiger partial charge in [-0.1, -0.05) is 34.7 Å². The summed E-state index contributed by atoms with van der Waals surface area (Å²) in [6.45, 7) is 4.39. The average Bonchev–Trinajstić information content (AvgIpc) is 3.32. The van der Waals surface area contributed by atoms with Crippen LogP contribution < -0.4 is 5.32 Å². The summed E-state index contributed by atoms with van der Waals surface area (Å²) < 4.78 is 5.29. The molecule has 0 radical (unpaired) electrons. The number of aromatic nitrogens is 4. The first-order valence-electron chi connectivity index (χ1n) is 8.89. The second-order valence-electron chi connectivity index (χ2n) is 6.55. The number of piperidine rings is 1. The molecule has 1 amide bonds. The maximum absolute atomic E-state index is 12.3. The molecule has 1 aliphatic rings. The SMILES string of the molecule is Cc1noc(C2CCN(Cc3nnc(C(=O)Nc4ccccc4)s3)CC2)n1. The fraction of sp³-hybridized carbons (Fsp3) is 0.389. The van der Waals surface area contributed by atoms with Crippen molar-refractivity contribution in [1.29, 1.82) is 0 Å². The topological polar surface area (TPSA) is 97.0 Å². The van der Waals surface area contributed by atoms with Gasteiger partial charge < -0.3 is 9.84 Å². The van der Waals surface area contributed by atoms with Gasteiger partial charge in [-0.05, 0) is 45.0 Å². The number of hydrogen-bond acceptors (Lipinski definition) is 8. The number of carbonyl (C=O) groups is 1. The van der Waals surface area contributed by atoms with Gasteiger partial charge in [0.05, 0.1) is 6.54 Å². The molecule has 1 saturated heterocycles. The molecule has 0 aliphatic carbocycles. The molecule has 140 valence electrons. The van der Waals surface area contributed by atoms with Crippen LogP contribution in [0.15, 0.2) is 34.9 Å². The van der Waals surface area contributed by atoms with E-state index in [0.717, 1.165) is 42.5 Å². The molecule has 3 heterocycles. The molecule has 1 fully saturated rings. The Balaban J connectivity index is 1.30. The summed E-state index contributed by atoms with van der Waals surface area (Å²) in [7, 11) is 0. The van der Waals surface area contributed by atoms with Crippen LogP contribution in [0.25, 0.3) is 0 Å². The number of anilines is 1. The highest BCUT2D eigenvalue weighted by atomic mass is 32.1. The Labute approximate surface area is 160 Å². The van der Waals surface area contributed by atoms with Crippen molar-refractivity contribution in [3.63, 3.8) is 0 Å². The molecule has 0 unspecified atom stereocenters. The lowest BCUT2D eigenvalue weighted by molar-refractivity contribution is 0.102. The van der Waals surface area contributed by atoms with Gasteiger partial charge in [-0.3, -0.25) is 9.69 Å². The van der Waals surface area contributed by atoms with Gasteiger partial charge in [0.1, 0.15) is 5.01 Å². The molecule has 0 atom stereocenters. The Morgan fingerprint density at radius 3 is 2.74 bits per heavy atom. The van der Waals surface area contributed by atoms with E-state index in [1.807, 2.05) is 37.3 Å². The number of nitrogens with zero attached hydrogens (tertiary/aromatic N) is 5. The van der Waals surface area contributed by atoms with Crippen molar-refractivity contribution in [1.82, 2.24) is 25.2 Å². The Kier molecular flexibility index (Phi) is 5.21. The Bertz CT molecular complexity index is 901. The van der Waals surface area contributed by atoms with Gasteiger partial charge in [-0.15, -0.1) is 10.2 Å². The number of hydrogen-bond donors (Lipinski definition) is 1. The van der Waals surface area contributed by atoms with E-state index in [-0.39, 0.29) is 5.91 Å². The number of aryl methyl sites for hydroxylation is 1. The van der Waals surface area contributed by atoms with Crippen molar-refractivity contribution >= 4 is 22.9 Å². The summed E-state index contributed by atoms with van der Waals surface area (Å²) >= 11 is 1.34. The molecule has 0 saturated carbocycles. The predicted octanol–water partition coefficient (Wildman–Crippen LogP) is 2.86. The van der Waals surface area contributed by atoms with Crippen LogP contribution in [0.2, 0.25) is 0 Å². The lowest BCUT2D eigenvalue weighted by Crippen LogP contribution is -2.32. The van der Waals surface area contributed by atoms with E-state index in [1.54, 1.807) is 0 Å². The number of para-hydroxylation sites is 1. The van der Waals surface area contributed by atoms with Crippen molar-refractivity contribution in [2.24, 2.45) is 0 Å². The summed E-state index contributed by atoms with van der Waals surface area (Å²) in [6.07, 6.45) is 1.95. The van der Waals surface area contributed by atoms with Gasteiger partial charge in [0, 0.05) is 11.6 Å². The number of amides is 1. The van der Waals surface area contributed by atoms with E-state index >= 15 is 0 Å². The van der Waals surface area contributed by atoms with Gasteiger partial charge in [0.2, 0.25) is 10.9 Å². The number of likely N-dealkylation sites (tertiary alicyclic amines) is 1. The highest BCUT2D eigenvalue weighted by Gasteiger charge is 2.25. The van der Waals surface area contributed by atoms with E-state index < -0.39 is 0 Å². The maximum Gasteiger partial charge on any atom is 0.286 e. The third-order valence-corrected chi connectivity index (χ3v) is 5.44. The van der Waals surface area contributed by atoms with Gasteiger partial charge in [-0.25, -0.2) is 0 Å². The normalized spacial score (nSPS) is 15.7. The maximum atomic E-state index is 12.3. The molecule has 3 aromatic rings. The predicted molar refractivity (Wildman–Crippen MR) is 101 cm³/mol. The minimum Gasteiger partial charge on any atom is -0.339 e. The fourth-order valence-corrected chi connectivity index (χ4v) is 3.90. The Morgan fingerprint density at radius 1 is 1.26 bits per heavy atom. The van der Waals surface area contributed by atoms with Crippen LogP contribution in [0.3, 0.4) is 0 Å². The van der Waals surface area contributed by atoms with Crippen molar-refractivity contribution in [3.8, 4) is 0 Å². The van der Waals surface area contributed by atoms with E-state index in [2.05, 4.69) is 30.6 Å². The molecule has 0 spiro atoms. The lowest BCUT2D eigenvalue weighted by Gasteiger charge is -2.29. The fourth-order valence-electron chi connectivity index (χ4n) is 3.12. The molecule has 8 nitrogen and oxygen atoms in total. The third-order valence-electron chi connectivity index (χ3n) is 4.53. The standard InChI is InChI=1S/C18H20N6O2S/c1-12-19-17(26-23-12)13-7-9-24(10-8-13)11-15-21-22-18(27-15)16(25)20-14-5-3-2-4-6-14/h2-6,13H,7-11H2,1H3,(H,20,25). The zero-order chi connectivity index (χ0) is 18.6.